The molecule has 2 aromatic heterocycles. The number of thioether (sulfide) groups is 1. The summed E-state index contributed by atoms with van der Waals surface area (Å²) in [6.45, 7) is 0. The zero-order chi connectivity index (χ0) is 28.3. The van der Waals surface area contributed by atoms with Gasteiger partial charge in [0.05, 0.1) is 17.5 Å². The predicted octanol–water partition coefficient (Wildman–Crippen LogP) is 5.73. The number of rotatable bonds is 6. The molecule has 41 heavy (non-hydrogen) atoms. The number of aromatic nitrogens is 3. The molecule has 1 unspecified atom stereocenters. The van der Waals surface area contributed by atoms with Gasteiger partial charge in [-0.2, -0.15) is 11.8 Å². The lowest BCUT2D eigenvalue weighted by Crippen LogP contribution is -2.47. The molecule has 9 heteroatoms. The molecule has 2 saturated carbocycles. The highest BCUT2D eigenvalue weighted by atomic mass is 32.2. The molecule has 0 spiro atoms. The van der Waals surface area contributed by atoms with Gasteiger partial charge < -0.3 is 5.32 Å². The Balaban J connectivity index is 1.22. The minimum atomic E-state index is -0.581. The van der Waals surface area contributed by atoms with E-state index in [1.165, 1.54) is 29.9 Å². The van der Waals surface area contributed by atoms with Gasteiger partial charge in [0.15, 0.2) is 0 Å². The van der Waals surface area contributed by atoms with Crippen molar-refractivity contribution in [2.45, 2.75) is 94.7 Å². The molecule has 0 radical (unpaired) electrons. The molecule has 218 valence electrons. The summed E-state index contributed by atoms with van der Waals surface area (Å²) in [6.07, 6.45) is 11.0. The summed E-state index contributed by atoms with van der Waals surface area (Å²) in [5.74, 6) is 1.59. The van der Waals surface area contributed by atoms with E-state index >= 15 is 0 Å². The highest BCUT2D eigenvalue weighted by Crippen LogP contribution is 2.37. The van der Waals surface area contributed by atoms with Crippen molar-refractivity contribution in [1.29, 1.82) is 0 Å². The van der Waals surface area contributed by atoms with Crippen LogP contribution >= 0.6 is 11.8 Å². The van der Waals surface area contributed by atoms with Crippen molar-refractivity contribution in [3.05, 3.63) is 74.8 Å². The molecule has 3 aliphatic rings. The number of hydrogen-bond acceptors (Lipinski definition) is 5. The van der Waals surface area contributed by atoms with Gasteiger partial charge in [-0.15, -0.1) is 0 Å². The quantitative estimate of drug-likeness (QED) is 0.404. The second-order valence-electron chi connectivity index (χ2n) is 12.0. The smallest absolute Gasteiger partial charge is 0.333 e. The molecule has 3 aromatic rings. The Hall–Kier alpha value is -2.94. The van der Waals surface area contributed by atoms with E-state index in [-0.39, 0.29) is 46.7 Å². The fraction of sp³-hybridized carbons (Fsp3) is 0.562. The van der Waals surface area contributed by atoms with Gasteiger partial charge in [-0.25, -0.2) is 14.2 Å². The van der Waals surface area contributed by atoms with Crippen LogP contribution in [0.3, 0.4) is 0 Å². The number of benzene rings is 1. The number of carbonyl (C=O) groups is 1. The average molecular weight is 579 g/mol. The van der Waals surface area contributed by atoms with Crippen LogP contribution in [0.25, 0.3) is 11.0 Å². The highest BCUT2D eigenvalue weighted by molar-refractivity contribution is 7.99. The van der Waals surface area contributed by atoms with Crippen molar-refractivity contribution in [3.8, 4) is 0 Å². The van der Waals surface area contributed by atoms with Crippen molar-refractivity contribution >= 4 is 28.7 Å². The predicted molar refractivity (Wildman–Crippen MR) is 161 cm³/mol. The van der Waals surface area contributed by atoms with Gasteiger partial charge in [0.2, 0.25) is 5.91 Å². The third-order valence-electron chi connectivity index (χ3n) is 9.45. The molecule has 0 bridgehead atoms. The summed E-state index contributed by atoms with van der Waals surface area (Å²) in [5, 5.41) is 3.51. The molecule has 7 nitrogen and oxygen atoms in total. The van der Waals surface area contributed by atoms with E-state index in [1.807, 2.05) is 30.0 Å². The van der Waals surface area contributed by atoms with Crippen LogP contribution in [0, 0.1) is 11.7 Å². The van der Waals surface area contributed by atoms with Gasteiger partial charge in [-0.1, -0.05) is 49.6 Å². The minimum Gasteiger partial charge on any atom is -0.353 e. The van der Waals surface area contributed by atoms with Gasteiger partial charge in [0.25, 0.3) is 5.56 Å². The topological polar surface area (TPSA) is 86.0 Å². The van der Waals surface area contributed by atoms with Gasteiger partial charge in [-0.05, 0) is 80.4 Å². The second kappa shape index (κ2) is 12.5. The van der Waals surface area contributed by atoms with E-state index < -0.39 is 11.4 Å². The van der Waals surface area contributed by atoms with E-state index in [0.717, 1.165) is 48.9 Å². The summed E-state index contributed by atoms with van der Waals surface area (Å²) < 4.78 is 17.2. The number of hydrogen-bond donors (Lipinski definition) is 1. The molecule has 1 amide bonds. The fourth-order valence-electron chi connectivity index (χ4n) is 7.33. The number of fused-ring (bicyclic) bond motifs is 1. The molecule has 2 aliphatic carbocycles. The van der Waals surface area contributed by atoms with Crippen LogP contribution in [-0.2, 0) is 4.79 Å². The Kier molecular flexibility index (Phi) is 8.60. The lowest BCUT2D eigenvalue weighted by molar-refractivity contribution is -0.125. The molecular formula is C32H39FN4O3S. The van der Waals surface area contributed by atoms with Crippen molar-refractivity contribution in [2.75, 3.05) is 11.5 Å². The molecule has 1 saturated heterocycles. The summed E-state index contributed by atoms with van der Waals surface area (Å²) in [4.78, 5) is 45.4. The van der Waals surface area contributed by atoms with Crippen LogP contribution in [0.1, 0.15) is 94.2 Å². The highest BCUT2D eigenvalue weighted by Gasteiger charge is 2.34. The Morgan fingerprint density at radius 1 is 0.902 bits per heavy atom. The number of carbonyl (C=O) groups excluding carboxylic acids is 1. The summed E-state index contributed by atoms with van der Waals surface area (Å²) in [5.41, 5.74) is 0.556. The van der Waals surface area contributed by atoms with E-state index in [9.17, 15) is 18.8 Å². The maximum Gasteiger partial charge on any atom is 0.333 e. The first-order valence-corrected chi connectivity index (χ1v) is 16.4. The number of halogens is 1. The maximum atomic E-state index is 14.2. The Bertz CT molecular complexity index is 1490. The molecule has 1 aromatic carbocycles. The summed E-state index contributed by atoms with van der Waals surface area (Å²) in [7, 11) is 0. The number of amides is 1. The van der Waals surface area contributed by atoms with Crippen LogP contribution in [0.2, 0.25) is 0 Å². The standard InChI is InChI=1S/C32H39FN4O3S/c33-23-19-27-29(34-20-23)36(26-15-17-41-18-16-26)32(40)37(31(27)39)25-13-11-24(12-14-25)35-30(38)28(21-7-3-1-4-8-21)22-9-5-2-6-10-22/h1,3-4,7-8,19-20,22,24-26,28H,2,5-6,9-18H2,(H,35,38)/t24-,25+,28?. The molecule has 3 heterocycles. The molecule has 1 N–H and O–H groups in total. The van der Waals surface area contributed by atoms with E-state index in [0.29, 0.717) is 31.6 Å². The fourth-order valence-corrected chi connectivity index (χ4v) is 8.42. The first kappa shape index (κ1) is 28.2. The lowest BCUT2D eigenvalue weighted by Gasteiger charge is -2.34. The van der Waals surface area contributed by atoms with Crippen LogP contribution in [-0.4, -0.2) is 37.6 Å². The SMILES string of the molecule is O=C(N[C@H]1CC[C@@H](n2c(=O)c3cc(F)cnc3n(C3CCSCC3)c2=O)CC1)C(c1ccccc1)C1CCCCC1. The normalized spacial score (nSPS) is 23.3. The van der Waals surface area contributed by atoms with E-state index in [4.69, 9.17) is 0 Å². The number of pyridine rings is 1. The summed E-state index contributed by atoms with van der Waals surface area (Å²) >= 11 is 1.86. The van der Waals surface area contributed by atoms with Gasteiger partial charge in [0, 0.05) is 18.1 Å². The first-order chi connectivity index (χ1) is 20.0. The summed E-state index contributed by atoms with van der Waals surface area (Å²) in [6, 6.07) is 11.0. The molecule has 6 rings (SSSR count). The van der Waals surface area contributed by atoms with Crippen molar-refractivity contribution < 1.29 is 9.18 Å². The van der Waals surface area contributed by atoms with Crippen LogP contribution in [0.5, 0.6) is 0 Å². The third kappa shape index (κ3) is 5.87. The average Bonchev–Trinajstić information content (AvgIpc) is 3.00. The Morgan fingerprint density at radius 3 is 2.29 bits per heavy atom. The van der Waals surface area contributed by atoms with Crippen molar-refractivity contribution in [2.24, 2.45) is 5.92 Å². The largest absolute Gasteiger partial charge is 0.353 e. The monoisotopic (exact) mass is 578 g/mol. The van der Waals surface area contributed by atoms with Gasteiger partial charge in [0.1, 0.15) is 11.5 Å². The molecule has 1 atom stereocenters. The van der Waals surface area contributed by atoms with Crippen molar-refractivity contribution in [3.63, 3.8) is 0 Å². The Morgan fingerprint density at radius 2 is 1.59 bits per heavy atom. The molecule has 3 fully saturated rings. The zero-order valence-electron chi connectivity index (χ0n) is 23.5. The van der Waals surface area contributed by atoms with Crippen LogP contribution in [0.4, 0.5) is 4.39 Å². The number of nitrogens with zero attached hydrogens (tertiary/aromatic N) is 3. The van der Waals surface area contributed by atoms with Gasteiger partial charge >= 0.3 is 5.69 Å². The van der Waals surface area contributed by atoms with Crippen molar-refractivity contribution in [1.82, 2.24) is 19.4 Å². The molecule has 1 aliphatic heterocycles. The Labute approximate surface area is 243 Å². The minimum absolute atomic E-state index is 0.00131. The maximum absolute atomic E-state index is 14.2. The second-order valence-corrected chi connectivity index (χ2v) is 13.2. The van der Waals surface area contributed by atoms with Gasteiger partial charge in [-0.3, -0.25) is 18.7 Å². The first-order valence-electron chi connectivity index (χ1n) is 15.3. The third-order valence-corrected chi connectivity index (χ3v) is 10.5. The number of nitrogens with one attached hydrogen (secondary N) is 1. The van der Waals surface area contributed by atoms with E-state index in [2.05, 4.69) is 22.4 Å². The van der Waals surface area contributed by atoms with Crippen LogP contribution in [0.15, 0.2) is 52.2 Å². The van der Waals surface area contributed by atoms with Crippen LogP contribution < -0.4 is 16.6 Å². The lowest BCUT2D eigenvalue weighted by atomic mass is 9.76. The zero-order valence-corrected chi connectivity index (χ0v) is 24.3. The van der Waals surface area contributed by atoms with E-state index in [1.54, 1.807) is 4.57 Å². The molecular weight excluding hydrogens is 539 g/mol.